The van der Waals surface area contributed by atoms with E-state index in [0.717, 1.165) is 5.56 Å². The summed E-state index contributed by atoms with van der Waals surface area (Å²) >= 11 is 5.95. The van der Waals surface area contributed by atoms with Gasteiger partial charge in [0.05, 0.1) is 17.0 Å². The molecule has 1 atom stereocenters. The maximum absolute atomic E-state index is 12.3. The van der Waals surface area contributed by atoms with Crippen molar-refractivity contribution < 1.29 is 13.2 Å². The molecule has 0 saturated carbocycles. The van der Waals surface area contributed by atoms with Crippen LogP contribution >= 0.6 is 11.6 Å². The molecule has 0 radical (unpaired) electrons. The van der Waals surface area contributed by atoms with Crippen LogP contribution in [0.1, 0.15) is 35.3 Å². The number of rotatable bonds is 7. The fraction of sp³-hybridized carbons (Fsp3) is 0.222. The van der Waals surface area contributed by atoms with Crippen molar-refractivity contribution >= 4 is 27.5 Å². The van der Waals surface area contributed by atoms with E-state index in [4.69, 9.17) is 16.9 Å². The molecule has 2 aromatic rings. The minimum absolute atomic E-state index is 0.0369. The van der Waals surface area contributed by atoms with E-state index in [9.17, 15) is 13.2 Å². The molecule has 8 heteroatoms. The van der Waals surface area contributed by atoms with Crippen LogP contribution in [-0.4, -0.2) is 20.9 Å². The van der Waals surface area contributed by atoms with E-state index < -0.39 is 10.0 Å². The molecule has 6 nitrogen and oxygen atoms in total. The number of carbonyl (C=O) groups is 1. The molecule has 0 aliphatic heterocycles. The number of halogens is 1. The highest BCUT2D eigenvalue weighted by Crippen LogP contribution is 2.18. The summed E-state index contributed by atoms with van der Waals surface area (Å²) in [6.07, 6.45) is 0.0844. The van der Waals surface area contributed by atoms with Gasteiger partial charge in [-0.3, -0.25) is 4.79 Å². The van der Waals surface area contributed by atoms with Gasteiger partial charge in [-0.1, -0.05) is 23.7 Å². The monoisotopic (exact) mass is 391 g/mol. The van der Waals surface area contributed by atoms with Crippen molar-refractivity contribution in [3.05, 3.63) is 64.7 Å². The van der Waals surface area contributed by atoms with Crippen molar-refractivity contribution in [1.82, 2.24) is 10.0 Å². The van der Waals surface area contributed by atoms with Crippen molar-refractivity contribution in [3.63, 3.8) is 0 Å². The van der Waals surface area contributed by atoms with Crippen molar-refractivity contribution in [3.8, 4) is 6.07 Å². The number of nitrogens with zero attached hydrogens (tertiary/aromatic N) is 1. The molecule has 0 spiro atoms. The molecule has 1 amide bonds. The highest BCUT2D eigenvalue weighted by molar-refractivity contribution is 7.89. The Labute approximate surface area is 157 Å². The van der Waals surface area contributed by atoms with Crippen LogP contribution in [0, 0.1) is 11.3 Å². The Bertz CT molecular complexity index is 921. The molecule has 0 aromatic heterocycles. The first-order valence-electron chi connectivity index (χ1n) is 7.86. The molecule has 0 fully saturated rings. The maximum Gasteiger partial charge on any atom is 0.251 e. The minimum Gasteiger partial charge on any atom is -0.346 e. The molecule has 0 aliphatic carbocycles. The van der Waals surface area contributed by atoms with Gasteiger partial charge in [0.2, 0.25) is 10.0 Å². The molecule has 26 heavy (non-hydrogen) atoms. The lowest BCUT2D eigenvalue weighted by Gasteiger charge is -2.15. The Morgan fingerprint density at radius 2 is 1.92 bits per heavy atom. The van der Waals surface area contributed by atoms with E-state index in [-0.39, 0.29) is 29.8 Å². The predicted octanol–water partition coefficient (Wildman–Crippen LogP) is 3.02. The predicted molar refractivity (Wildman–Crippen MR) is 99.2 cm³/mol. The number of nitriles is 1. The van der Waals surface area contributed by atoms with Crippen LogP contribution in [0.3, 0.4) is 0 Å². The van der Waals surface area contributed by atoms with E-state index in [2.05, 4.69) is 10.0 Å². The van der Waals surface area contributed by atoms with Crippen LogP contribution < -0.4 is 10.0 Å². The average Bonchev–Trinajstić information content (AvgIpc) is 2.62. The molecular weight excluding hydrogens is 374 g/mol. The average molecular weight is 392 g/mol. The summed E-state index contributed by atoms with van der Waals surface area (Å²) in [5.41, 5.74) is 1.21. The molecule has 0 unspecified atom stereocenters. The molecule has 2 aromatic carbocycles. The molecule has 2 rings (SSSR count). The summed E-state index contributed by atoms with van der Waals surface area (Å²) in [6, 6.07) is 14.4. The summed E-state index contributed by atoms with van der Waals surface area (Å²) in [5, 5.41) is 11.9. The summed E-state index contributed by atoms with van der Waals surface area (Å²) < 4.78 is 26.4. The lowest BCUT2D eigenvalue weighted by Crippen LogP contribution is -2.27. The standard InChI is InChI=1S/C18H18ClN3O3S/c1-13(15-4-2-5-16(19)12-15)22-18(23)14-6-8-17(9-7-14)26(24,25)21-11-3-10-20/h2,4-9,12-13,21H,3,11H2,1H3,(H,22,23)/t13-/m1/s1. The third-order valence-corrected chi connectivity index (χ3v) is 5.36. The highest BCUT2D eigenvalue weighted by Gasteiger charge is 2.16. The Balaban J connectivity index is 2.05. The Hall–Kier alpha value is -2.40. The number of nitrogens with one attached hydrogen (secondary N) is 2. The van der Waals surface area contributed by atoms with Gasteiger partial charge in [-0.15, -0.1) is 0 Å². The van der Waals surface area contributed by atoms with Gasteiger partial charge in [-0.25, -0.2) is 13.1 Å². The summed E-state index contributed by atoms with van der Waals surface area (Å²) in [6.45, 7) is 1.87. The van der Waals surface area contributed by atoms with Crippen molar-refractivity contribution in [2.24, 2.45) is 0 Å². The van der Waals surface area contributed by atoms with Gasteiger partial charge in [0.15, 0.2) is 0 Å². The number of benzene rings is 2. The number of carbonyl (C=O) groups excluding carboxylic acids is 1. The lowest BCUT2D eigenvalue weighted by atomic mass is 10.1. The Kier molecular flexibility index (Phi) is 6.75. The second-order valence-corrected chi connectivity index (χ2v) is 7.78. The minimum atomic E-state index is -3.69. The normalized spacial score (nSPS) is 12.2. The molecule has 0 bridgehead atoms. The molecule has 0 heterocycles. The first-order valence-corrected chi connectivity index (χ1v) is 9.72. The smallest absolute Gasteiger partial charge is 0.251 e. The van der Waals surface area contributed by atoms with Gasteiger partial charge in [0.25, 0.3) is 5.91 Å². The number of sulfonamides is 1. The van der Waals surface area contributed by atoms with Gasteiger partial charge in [-0.05, 0) is 48.9 Å². The van der Waals surface area contributed by atoms with E-state index in [1.807, 2.05) is 19.1 Å². The van der Waals surface area contributed by atoms with Crippen LogP contribution in [-0.2, 0) is 10.0 Å². The third kappa shape index (κ3) is 5.30. The molecule has 0 saturated heterocycles. The quantitative estimate of drug-likeness (QED) is 0.708. The van der Waals surface area contributed by atoms with Gasteiger partial charge >= 0.3 is 0 Å². The topological polar surface area (TPSA) is 99.1 Å². The van der Waals surface area contributed by atoms with Gasteiger partial charge < -0.3 is 5.32 Å². The first-order chi connectivity index (χ1) is 12.3. The molecule has 2 N–H and O–H groups in total. The lowest BCUT2D eigenvalue weighted by molar-refractivity contribution is 0.0940. The van der Waals surface area contributed by atoms with Crippen molar-refractivity contribution in [1.29, 1.82) is 5.26 Å². The number of hydrogen-bond acceptors (Lipinski definition) is 4. The van der Waals surface area contributed by atoms with Gasteiger partial charge in [0.1, 0.15) is 0 Å². The third-order valence-electron chi connectivity index (χ3n) is 3.65. The Morgan fingerprint density at radius 3 is 2.54 bits per heavy atom. The largest absolute Gasteiger partial charge is 0.346 e. The van der Waals surface area contributed by atoms with Gasteiger partial charge in [-0.2, -0.15) is 5.26 Å². The van der Waals surface area contributed by atoms with Crippen LogP contribution in [0.2, 0.25) is 5.02 Å². The van der Waals surface area contributed by atoms with Crippen LogP contribution in [0.25, 0.3) is 0 Å². The fourth-order valence-corrected chi connectivity index (χ4v) is 3.48. The molecule has 0 aliphatic rings. The van der Waals surface area contributed by atoms with Crippen molar-refractivity contribution in [2.75, 3.05) is 6.54 Å². The zero-order valence-electron chi connectivity index (χ0n) is 14.1. The highest BCUT2D eigenvalue weighted by atomic mass is 35.5. The number of amides is 1. The summed E-state index contributed by atoms with van der Waals surface area (Å²) in [5.74, 6) is -0.320. The fourth-order valence-electron chi connectivity index (χ4n) is 2.25. The zero-order chi connectivity index (χ0) is 19.2. The molecular formula is C18H18ClN3O3S. The maximum atomic E-state index is 12.3. The summed E-state index contributed by atoms with van der Waals surface area (Å²) in [4.78, 5) is 12.4. The first kappa shape index (κ1) is 19.9. The van der Waals surface area contributed by atoms with Gasteiger partial charge in [0, 0.05) is 23.6 Å². The second kappa shape index (κ2) is 8.81. The van der Waals surface area contributed by atoms with Crippen LogP contribution in [0.4, 0.5) is 0 Å². The van der Waals surface area contributed by atoms with E-state index in [1.165, 1.54) is 24.3 Å². The number of hydrogen-bond donors (Lipinski definition) is 2. The van der Waals surface area contributed by atoms with Crippen molar-refractivity contribution in [2.45, 2.75) is 24.3 Å². The van der Waals surface area contributed by atoms with E-state index in [1.54, 1.807) is 18.2 Å². The zero-order valence-corrected chi connectivity index (χ0v) is 15.6. The molecule has 136 valence electrons. The second-order valence-electron chi connectivity index (χ2n) is 5.58. The SMILES string of the molecule is C[C@@H](NC(=O)c1ccc(S(=O)(=O)NCCC#N)cc1)c1cccc(Cl)c1. The van der Waals surface area contributed by atoms with E-state index >= 15 is 0 Å². The van der Waals surface area contributed by atoms with Crippen LogP contribution in [0.5, 0.6) is 0 Å². The Morgan fingerprint density at radius 1 is 1.23 bits per heavy atom. The van der Waals surface area contributed by atoms with Crippen LogP contribution in [0.15, 0.2) is 53.4 Å². The summed E-state index contributed by atoms with van der Waals surface area (Å²) in [7, 11) is -3.69. The van der Waals surface area contributed by atoms with E-state index in [0.29, 0.717) is 10.6 Å².